The molecule has 0 spiro atoms. The van der Waals surface area contributed by atoms with Crippen LogP contribution < -0.4 is 5.73 Å². The Balaban J connectivity index is 2.54. The highest BCUT2D eigenvalue weighted by molar-refractivity contribution is 5.67. The van der Waals surface area contributed by atoms with E-state index < -0.39 is 22.5 Å². The third kappa shape index (κ3) is 2.68. The van der Waals surface area contributed by atoms with E-state index in [0.717, 1.165) is 12.3 Å². The monoisotopic (exact) mass is 283 g/mol. The van der Waals surface area contributed by atoms with Crippen molar-refractivity contribution in [2.45, 2.75) is 6.18 Å². The van der Waals surface area contributed by atoms with Crippen LogP contribution in [-0.4, -0.2) is 9.91 Å². The maximum absolute atomic E-state index is 12.7. The van der Waals surface area contributed by atoms with Crippen LogP contribution in [0.15, 0.2) is 36.5 Å². The van der Waals surface area contributed by atoms with Crippen LogP contribution in [0.25, 0.3) is 11.1 Å². The molecule has 0 aliphatic heterocycles. The number of benzene rings is 1. The van der Waals surface area contributed by atoms with E-state index in [-0.39, 0.29) is 16.8 Å². The molecule has 1 aromatic carbocycles. The molecule has 0 atom stereocenters. The fraction of sp³-hybridized carbons (Fsp3) is 0.0833. The van der Waals surface area contributed by atoms with Crippen molar-refractivity contribution in [3.8, 4) is 11.1 Å². The van der Waals surface area contributed by atoms with Crippen molar-refractivity contribution < 1.29 is 18.1 Å². The van der Waals surface area contributed by atoms with Crippen LogP contribution in [0.4, 0.5) is 24.7 Å². The van der Waals surface area contributed by atoms with Gasteiger partial charge in [-0.25, -0.2) is 4.98 Å². The summed E-state index contributed by atoms with van der Waals surface area (Å²) >= 11 is 0. The van der Waals surface area contributed by atoms with E-state index in [2.05, 4.69) is 4.98 Å². The number of alkyl halides is 3. The number of hydrogen-bond donors (Lipinski definition) is 1. The molecule has 0 radical (unpaired) electrons. The van der Waals surface area contributed by atoms with Crippen LogP contribution >= 0.6 is 0 Å². The summed E-state index contributed by atoms with van der Waals surface area (Å²) in [6.45, 7) is 0. The number of nitrogens with zero attached hydrogens (tertiary/aromatic N) is 2. The van der Waals surface area contributed by atoms with Crippen molar-refractivity contribution in [3.63, 3.8) is 0 Å². The number of hydrogen-bond acceptors (Lipinski definition) is 4. The third-order valence-corrected chi connectivity index (χ3v) is 2.61. The van der Waals surface area contributed by atoms with Crippen LogP contribution in [0.1, 0.15) is 5.56 Å². The Morgan fingerprint density at radius 3 is 2.50 bits per heavy atom. The lowest BCUT2D eigenvalue weighted by Crippen LogP contribution is -2.10. The number of non-ortho nitro benzene ring substituents is 1. The number of pyridine rings is 1. The molecule has 0 bridgehead atoms. The molecule has 20 heavy (non-hydrogen) atoms. The number of rotatable bonds is 2. The fourth-order valence-electron chi connectivity index (χ4n) is 1.66. The smallest absolute Gasteiger partial charge is 0.383 e. The van der Waals surface area contributed by atoms with Gasteiger partial charge >= 0.3 is 6.18 Å². The summed E-state index contributed by atoms with van der Waals surface area (Å²) in [4.78, 5) is 13.5. The highest BCUT2D eigenvalue weighted by atomic mass is 19.4. The quantitative estimate of drug-likeness (QED) is 0.677. The summed E-state index contributed by atoms with van der Waals surface area (Å²) in [7, 11) is 0. The number of nitro groups is 1. The molecular formula is C12H8F3N3O2. The van der Waals surface area contributed by atoms with Crippen LogP contribution in [0.2, 0.25) is 0 Å². The minimum absolute atomic E-state index is 0.107. The first-order valence-corrected chi connectivity index (χ1v) is 5.36. The molecule has 0 unspecified atom stereocenters. The highest BCUT2D eigenvalue weighted by Crippen LogP contribution is 2.35. The molecule has 1 aromatic heterocycles. The zero-order valence-electron chi connectivity index (χ0n) is 9.89. The molecule has 5 nitrogen and oxygen atoms in total. The van der Waals surface area contributed by atoms with Gasteiger partial charge in [0.25, 0.3) is 5.69 Å². The minimum atomic E-state index is -4.63. The molecule has 2 N–H and O–H groups in total. The van der Waals surface area contributed by atoms with E-state index in [0.29, 0.717) is 0 Å². The minimum Gasteiger partial charge on any atom is -0.383 e. The second-order valence-electron chi connectivity index (χ2n) is 3.96. The van der Waals surface area contributed by atoms with Gasteiger partial charge in [-0.3, -0.25) is 10.1 Å². The van der Waals surface area contributed by atoms with Crippen LogP contribution in [0, 0.1) is 10.1 Å². The molecule has 2 rings (SSSR count). The summed E-state index contributed by atoms with van der Waals surface area (Å²) in [5.41, 5.74) is 4.28. The van der Waals surface area contributed by atoms with Gasteiger partial charge in [0.05, 0.1) is 10.5 Å². The molecular weight excluding hydrogens is 275 g/mol. The predicted molar refractivity (Wildman–Crippen MR) is 65.7 cm³/mol. The van der Waals surface area contributed by atoms with Crippen LogP contribution in [-0.2, 0) is 6.18 Å². The van der Waals surface area contributed by atoms with E-state index >= 15 is 0 Å². The molecule has 8 heteroatoms. The summed E-state index contributed by atoms with van der Waals surface area (Å²) in [6.07, 6.45) is -3.49. The van der Waals surface area contributed by atoms with Gasteiger partial charge in [-0.2, -0.15) is 13.2 Å². The lowest BCUT2D eigenvalue weighted by atomic mass is 10.0. The predicted octanol–water partition coefficient (Wildman–Crippen LogP) is 3.26. The average Bonchev–Trinajstić information content (AvgIpc) is 2.38. The lowest BCUT2D eigenvalue weighted by Gasteiger charge is -2.10. The highest BCUT2D eigenvalue weighted by Gasteiger charge is 2.34. The van der Waals surface area contributed by atoms with Crippen molar-refractivity contribution in [3.05, 3.63) is 52.2 Å². The van der Waals surface area contributed by atoms with E-state index in [4.69, 9.17) is 5.73 Å². The van der Waals surface area contributed by atoms with Gasteiger partial charge in [0.1, 0.15) is 5.82 Å². The Morgan fingerprint density at radius 2 is 1.90 bits per heavy atom. The van der Waals surface area contributed by atoms with Gasteiger partial charge in [0, 0.05) is 23.9 Å². The van der Waals surface area contributed by atoms with Gasteiger partial charge < -0.3 is 5.73 Å². The normalized spacial score (nSPS) is 11.3. The topological polar surface area (TPSA) is 82.0 Å². The van der Waals surface area contributed by atoms with Crippen molar-refractivity contribution in [2.24, 2.45) is 0 Å². The molecule has 1 heterocycles. The van der Waals surface area contributed by atoms with Gasteiger partial charge in [-0.15, -0.1) is 0 Å². The van der Waals surface area contributed by atoms with E-state index in [1.165, 1.54) is 24.3 Å². The number of nitrogen functional groups attached to an aromatic ring is 1. The lowest BCUT2D eigenvalue weighted by molar-refractivity contribution is -0.384. The fourth-order valence-corrected chi connectivity index (χ4v) is 1.66. The maximum atomic E-state index is 12.7. The Kier molecular flexibility index (Phi) is 3.31. The Labute approximate surface area is 111 Å². The number of anilines is 1. The molecule has 0 saturated carbocycles. The van der Waals surface area contributed by atoms with Crippen molar-refractivity contribution in [1.29, 1.82) is 0 Å². The number of nitrogens with two attached hydrogens (primary N) is 1. The molecule has 0 aliphatic rings. The molecule has 0 amide bonds. The summed E-state index contributed by atoms with van der Waals surface area (Å²) in [5, 5.41) is 10.7. The van der Waals surface area contributed by atoms with Crippen LogP contribution in [0.5, 0.6) is 0 Å². The summed E-state index contributed by atoms with van der Waals surface area (Å²) < 4.78 is 38.2. The summed E-state index contributed by atoms with van der Waals surface area (Å²) in [5.74, 6) is -0.633. The third-order valence-electron chi connectivity index (χ3n) is 2.61. The first-order chi connectivity index (χ1) is 9.29. The number of nitro benzene ring substituents is 1. The Bertz CT molecular complexity index is 671. The molecule has 0 saturated heterocycles. The van der Waals surface area contributed by atoms with Crippen molar-refractivity contribution in [2.75, 3.05) is 5.73 Å². The van der Waals surface area contributed by atoms with Crippen LogP contribution in [0.3, 0.4) is 0 Å². The molecule has 2 aromatic rings. The first kappa shape index (κ1) is 13.8. The Morgan fingerprint density at radius 1 is 1.20 bits per heavy atom. The largest absolute Gasteiger partial charge is 0.419 e. The van der Waals surface area contributed by atoms with E-state index in [1.54, 1.807) is 0 Å². The van der Waals surface area contributed by atoms with Crippen molar-refractivity contribution in [1.82, 2.24) is 4.98 Å². The molecule has 0 aliphatic carbocycles. The number of halogens is 3. The second kappa shape index (κ2) is 4.80. The van der Waals surface area contributed by atoms with Gasteiger partial charge in [0.15, 0.2) is 0 Å². The maximum Gasteiger partial charge on any atom is 0.419 e. The van der Waals surface area contributed by atoms with Gasteiger partial charge in [0.2, 0.25) is 0 Å². The Hall–Kier alpha value is -2.64. The SMILES string of the molecule is Nc1ncc(-c2cccc([N+](=O)[O-])c2)cc1C(F)(F)F. The van der Waals surface area contributed by atoms with Gasteiger partial charge in [-0.05, 0) is 11.6 Å². The standard InChI is InChI=1S/C12H8F3N3O2/c13-12(14,15)10-5-8(6-17-11(10)16)7-2-1-3-9(4-7)18(19)20/h1-6H,(H2,16,17). The zero-order valence-corrected chi connectivity index (χ0v) is 9.89. The van der Waals surface area contributed by atoms with Gasteiger partial charge in [-0.1, -0.05) is 12.1 Å². The van der Waals surface area contributed by atoms with E-state index in [1.807, 2.05) is 0 Å². The number of aromatic nitrogens is 1. The average molecular weight is 283 g/mol. The van der Waals surface area contributed by atoms with Crippen molar-refractivity contribution >= 4 is 11.5 Å². The first-order valence-electron chi connectivity index (χ1n) is 5.36. The van der Waals surface area contributed by atoms with E-state index in [9.17, 15) is 23.3 Å². The second-order valence-corrected chi connectivity index (χ2v) is 3.96. The zero-order chi connectivity index (χ0) is 14.9. The summed E-state index contributed by atoms with van der Waals surface area (Å²) in [6, 6.07) is 6.09. The molecule has 0 fully saturated rings. The molecule has 104 valence electrons.